The Morgan fingerprint density at radius 1 is 0.281 bits per heavy atom. The Morgan fingerprint density at radius 2 is 0.625 bits per heavy atom. The SMILES string of the molecule is CC(C)(C)c1ccc(-c2ccc(N3c4ccc(-c5ccc(C(C)(C)C)cc5)cc4B4c5cc(C(C)(C)C)ccc5Oc5c4c3c3c4c5-n5c6ccc(-c7ccc(C(C)(C)C)cc7)cc6c6cc(-c7ccc(C(C)(C)C)cc7)cc(c65)B4c4cc(C(C)(C)C)ccc4O3)cc2)cc1. The van der Waals surface area contributed by atoms with Crippen molar-refractivity contribution < 1.29 is 9.47 Å². The van der Waals surface area contributed by atoms with Crippen molar-refractivity contribution in [2.45, 2.75) is 157 Å². The monoisotopic (exact) mass is 1250 g/mol. The van der Waals surface area contributed by atoms with Crippen molar-refractivity contribution in [1.82, 2.24) is 4.57 Å². The Bertz CT molecular complexity index is 5180. The molecule has 0 radical (unpaired) electrons. The summed E-state index contributed by atoms with van der Waals surface area (Å²) < 4.78 is 18.6. The molecule has 11 aromatic carbocycles. The summed E-state index contributed by atoms with van der Waals surface area (Å²) >= 11 is 0. The predicted molar refractivity (Wildman–Crippen MR) is 412 cm³/mol. The molecular formula is C90H88B2N2O2. The van der Waals surface area contributed by atoms with Crippen LogP contribution in [0, 0.1) is 0 Å². The number of hydrogen-bond acceptors (Lipinski definition) is 3. The van der Waals surface area contributed by atoms with Crippen molar-refractivity contribution in [1.29, 1.82) is 0 Å². The Balaban J connectivity index is 1.04. The lowest BCUT2D eigenvalue weighted by molar-refractivity contribution is 0.473. The fraction of sp³-hybridized carbons (Fsp3) is 0.267. The minimum atomic E-state index is -0.257. The van der Waals surface area contributed by atoms with Gasteiger partial charge in [0.15, 0.2) is 0 Å². The van der Waals surface area contributed by atoms with E-state index in [1.54, 1.807) is 0 Å². The van der Waals surface area contributed by atoms with Gasteiger partial charge in [-0.15, -0.1) is 0 Å². The highest BCUT2D eigenvalue weighted by Crippen LogP contribution is 2.53. The van der Waals surface area contributed by atoms with Gasteiger partial charge in [-0.25, -0.2) is 0 Å². The van der Waals surface area contributed by atoms with Crippen LogP contribution in [0.25, 0.3) is 72.0 Å². The highest BCUT2D eigenvalue weighted by molar-refractivity contribution is 7.02. The predicted octanol–water partition coefficient (Wildman–Crippen LogP) is 20.6. The van der Waals surface area contributed by atoms with Gasteiger partial charge in [-0.1, -0.05) is 282 Å². The van der Waals surface area contributed by atoms with Crippen LogP contribution in [0.15, 0.2) is 206 Å². The van der Waals surface area contributed by atoms with Crippen molar-refractivity contribution in [2.24, 2.45) is 0 Å². The maximum Gasteiger partial charge on any atom is 0.256 e. The molecule has 0 bridgehead atoms. The summed E-state index contributed by atoms with van der Waals surface area (Å²) in [5.74, 6) is 3.48. The van der Waals surface area contributed by atoms with E-state index < -0.39 is 0 Å². The molecule has 1 aromatic heterocycles. The van der Waals surface area contributed by atoms with Gasteiger partial charge in [0.2, 0.25) is 0 Å². The summed E-state index contributed by atoms with van der Waals surface area (Å²) in [5.41, 5.74) is 30.6. The molecule has 6 heteroatoms. The number of hydrogen-bond donors (Lipinski definition) is 0. The topological polar surface area (TPSA) is 26.6 Å². The lowest BCUT2D eigenvalue weighted by Crippen LogP contribution is -2.63. The minimum Gasteiger partial charge on any atom is -0.456 e. The molecular weight excluding hydrogens is 1160 g/mol. The molecule has 96 heavy (non-hydrogen) atoms. The lowest BCUT2D eigenvalue weighted by Gasteiger charge is -2.45. The van der Waals surface area contributed by atoms with E-state index in [-0.39, 0.29) is 45.9 Å². The van der Waals surface area contributed by atoms with E-state index in [1.807, 2.05) is 0 Å². The molecule has 16 rings (SSSR count). The van der Waals surface area contributed by atoms with Gasteiger partial charge in [0.05, 0.1) is 16.9 Å². The van der Waals surface area contributed by atoms with Crippen LogP contribution in [0.1, 0.15) is 158 Å². The first-order chi connectivity index (χ1) is 45.4. The summed E-state index contributed by atoms with van der Waals surface area (Å²) in [6.45, 7) is 41.0. The first-order valence-electron chi connectivity index (χ1n) is 34.9. The van der Waals surface area contributed by atoms with E-state index >= 15 is 0 Å². The number of aromatic nitrogens is 1. The zero-order valence-corrected chi connectivity index (χ0v) is 59.5. The van der Waals surface area contributed by atoms with E-state index in [0.717, 1.165) is 78.7 Å². The van der Waals surface area contributed by atoms with E-state index in [2.05, 4.69) is 340 Å². The zero-order valence-electron chi connectivity index (χ0n) is 59.5. The Hall–Kier alpha value is -9.25. The van der Waals surface area contributed by atoms with Crippen molar-refractivity contribution in [3.8, 4) is 73.2 Å². The van der Waals surface area contributed by atoms with Gasteiger partial charge >= 0.3 is 0 Å². The molecule has 0 saturated carbocycles. The third kappa shape index (κ3) is 9.92. The highest BCUT2D eigenvalue weighted by atomic mass is 16.5. The van der Waals surface area contributed by atoms with Gasteiger partial charge in [0.25, 0.3) is 13.4 Å². The van der Waals surface area contributed by atoms with Crippen molar-refractivity contribution in [2.75, 3.05) is 4.90 Å². The van der Waals surface area contributed by atoms with Gasteiger partial charge in [0.1, 0.15) is 23.0 Å². The largest absolute Gasteiger partial charge is 0.456 e. The molecule has 4 aliphatic heterocycles. The Labute approximate surface area is 570 Å². The second kappa shape index (κ2) is 21.1. The van der Waals surface area contributed by atoms with E-state index in [0.29, 0.717) is 0 Å². The maximum absolute atomic E-state index is 8.02. The van der Waals surface area contributed by atoms with Crippen LogP contribution in [0.2, 0.25) is 0 Å². The van der Waals surface area contributed by atoms with Gasteiger partial charge in [-0.2, -0.15) is 0 Å². The van der Waals surface area contributed by atoms with E-state index in [1.165, 1.54) is 99.5 Å². The molecule has 0 fully saturated rings. The molecule has 0 saturated heterocycles. The van der Waals surface area contributed by atoms with Crippen LogP contribution < -0.4 is 47.2 Å². The highest BCUT2D eigenvalue weighted by Gasteiger charge is 2.52. The van der Waals surface area contributed by atoms with Crippen LogP contribution in [0.3, 0.4) is 0 Å². The summed E-state index contributed by atoms with van der Waals surface area (Å²) in [5, 5.41) is 2.41. The molecule has 5 heterocycles. The second-order valence-electron chi connectivity index (χ2n) is 34.3. The molecule has 0 amide bonds. The van der Waals surface area contributed by atoms with Gasteiger partial charge in [0, 0.05) is 38.6 Å². The van der Waals surface area contributed by atoms with Crippen LogP contribution in [0.5, 0.6) is 23.0 Å². The first kappa shape index (κ1) is 61.6. The number of nitrogens with zero attached hydrogens (tertiary/aromatic N) is 2. The van der Waals surface area contributed by atoms with Crippen LogP contribution in [-0.2, 0) is 32.5 Å². The standard InChI is InChI=1S/C90H88B2N2O2/c1-85(2,3)61-31-19-53(20-32-61)54-27-41-67(42-28-54)93-75-44-30-59(56-23-35-63(36-24-56)87(7,8)9)49-70(75)91-71-51-65(89(13,14)15)39-45-76(71)96-84-78(91)81(93)83-79-82(84)94-74-43-29-58(55-21-33-62(34-22-55)86(4,5)6)47-68(74)69-48-60(57-25-37-64(38-26-57)88(10,11)12)50-73(80(69)94)92(79)72-52-66(90(16,17)18)40-46-77(72)95-83/h19-52H,1-18H3. The number of fused-ring (bicyclic) bond motifs is 13. The quantitative estimate of drug-likeness (QED) is 0.161. The molecule has 0 spiro atoms. The third-order valence-corrected chi connectivity index (χ3v) is 21.5. The van der Waals surface area contributed by atoms with Crippen molar-refractivity contribution >= 4 is 85.1 Å². The zero-order chi connectivity index (χ0) is 67.2. The van der Waals surface area contributed by atoms with Crippen molar-refractivity contribution in [3.63, 3.8) is 0 Å². The molecule has 0 atom stereocenters. The van der Waals surface area contributed by atoms with Crippen molar-refractivity contribution in [3.05, 3.63) is 240 Å². The van der Waals surface area contributed by atoms with Crippen LogP contribution in [0.4, 0.5) is 17.1 Å². The molecule has 4 aliphatic rings. The smallest absolute Gasteiger partial charge is 0.256 e. The molecule has 476 valence electrons. The van der Waals surface area contributed by atoms with Gasteiger partial charge in [-0.05, 0) is 181 Å². The Morgan fingerprint density at radius 3 is 1.08 bits per heavy atom. The molecule has 0 aliphatic carbocycles. The maximum atomic E-state index is 8.02. The van der Waals surface area contributed by atoms with E-state index in [4.69, 9.17) is 9.47 Å². The summed E-state index contributed by atoms with van der Waals surface area (Å²) in [4.78, 5) is 2.54. The van der Waals surface area contributed by atoms with E-state index in [9.17, 15) is 0 Å². The number of rotatable bonds is 5. The third-order valence-electron chi connectivity index (χ3n) is 21.5. The van der Waals surface area contributed by atoms with Crippen LogP contribution >= 0.6 is 0 Å². The van der Waals surface area contributed by atoms with Gasteiger partial charge < -0.3 is 18.9 Å². The Kier molecular flexibility index (Phi) is 13.6. The lowest BCUT2D eigenvalue weighted by atomic mass is 9.31. The molecule has 4 nitrogen and oxygen atoms in total. The summed E-state index contributed by atoms with van der Waals surface area (Å²) in [6.07, 6.45) is 0. The van der Waals surface area contributed by atoms with Gasteiger partial charge in [-0.3, -0.25) is 0 Å². The number of anilines is 3. The fourth-order valence-corrected chi connectivity index (χ4v) is 15.7. The molecule has 0 N–H and O–H groups in total. The number of benzene rings is 11. The average molecular weight is 1250 g/mol. The number of ether oxygens (including phenoxy) is 2. The minimum absolute atomic E-state index is 0.00538. The second-order valence-corrected chi connectivity index (χ2v) is 34.3. The first-order valence-corrected chi connectivity index (χ1v) is 34.9. The normalized spacial score (nSPS) is 14.0. The molecule has 12 aromatic rings. The van der Waals surface area contributed by atoms with Crippen LogP contribution in [-0.4, -0.2) is 18.0 Å². The fourth-order valence-electron chi connectivity index (χ4n) is 15.7. The average Bonchev–Trinajstić information content (AvgIpc) is 1.09. The summed E-state index contributed by atoms with van der Waals surface area (Å²) in [6, 6.07) is 79.8. The molecule has 0 unspecified atom stereocenters. The summed E-state index contributed by atoms with van der Waals surface area (Å²) in [7, 11) is 0.